The number of aromatic nitrogens is 6. The molecule has 36 heavy (non-hydrogen) atoms. The summed E-state index contributed by atoms with van der Waals surface area (Å²) in [5.74, 6) is 0. The first kappa shape index (κ1) is 24.0. The molecule has 5 aromatic rings. The van der Waals surface area contributed by atoms with Crippen LogP contribution in [0, 0.1) is 6.92 Å². The number of hydrogen-bond acceptors (Lipinski definition) is 5. The van der Waals surface area contributed by atoms with Crippen LogP contribution >= 0.6 is 11.6 Å². The van der Waals surface area contributed by atoms with Crippen molar-refractivity contribution in [1.82, 2.24) is 29.9 Å². The lowest BCUT2D eigenvalue weighted by Gasteiger charge is -2.27. The Morgan fingerprint density at radius 3 is 2.39 bits per heavy atom. The van der Waals surface area contributed by atoms with Crippen LogP contribution in [0.3, 0.4) is 0 Å². The van der Waals surface area contributed by atoms with Crippen molar-refractivity contribution >= 4 is 22.5 Å². The first-order chi connectivity index (χ1) is 17.1. The molecular weight excluding hydrogens is 493 g/mol. The van der Waals surface area contributed by atoms with Crippen molar-refractivity contribution in [3.8, 4) is 0 Å². The fourth-order valence-electron chi connectivity index (χ4n) is 4.34. The van der Waals surface area contributed by atoms with E-state index in [1.165, 1.54) is 35.5 Å². The Morgan fingerprint density at radius 1 is 1.06 bits per heavy atom. The number of imidazole rings is 1. The lowest BCUT2D eigenvalue weighted by molar-refractivity contribution is -0.137. The van der Waals surface area contributed by atoms with Crippen molar-refractivity contribution in [3.63, 3.8) is 0 Å². The molecule has 7 nitrogen and oxygen atoms in total. The smallest absolute Gasteiger partial charge is 0.373 e. The van der Waals surface area contributed by atoms with Gasteiger partial charge in [-0.25, -0.2) is 9.67 Å². The zero-order chi connectivity index (χ0) is 25.7. The lowest BCUT2D eigenvalue weighted by atomic mass is 9.86. The van der Waals surface area contributed by atoms with Gasteiger partial charge >= 0.3 is 6.18 Å². The van der Waals surface area contributed by atoms with E-state index in [9.17, 15) is 18.3 Å². The molecule has 0 aliphatic carbocycles. The van der Waals surface area contributed by atoms with E-state index in [4.69, 9.17) is 11.6 Å². The third-order valence-corrected chi connectivity index (χ3v) is 6.71. The largest absolute Gasteiger partial charge is 0.416 e. The van der Waals surface area contributed by atoms with Crippen LogP contribution < -0.4 is 0 Å². The van der Waals surface area contributed by atoms with Gasteiger partial charge in [-0.3, -0.25) is 4.98 Å². The predicted molar refractivity (Wildman–Crippen MR) is 127 cm³/mol. The summed E-state index contributed by atoms with van der Waals surface area (Å²) >= 11 is 6.85. The Kier molecular flexibility index (Phi) is 5.80. The minimum atomic E-state index is -4.40. The van der Waals surface area contributed by atoms with E-state index in [0.717, 1.165) is 12.1 Å². The molecule has 0 bridgehead atoms. The fourth-order valence-corrected chi connectivity index (χ4v) is 4.69. The molecule has 1 atom stereocenters. The number of rotatable bonds is 5. The minimum Gasteiger partial charge on any atom is -0.373 e. The number of halogens is 4. The monoisotopic (exact) mass is 512 g/mol. The molecule has 5 rings (SSSR count). The van der Waals surface area contributed by atoms with Gasteiger partial charge in [0.2, 0.25) is 0 Å². The summed E-state index contributed by atoms with van der Waals surface area (Å²) in [5.41, 5.74) is 1.57. The summed E-state index contributed by atoms with van der Waals surface area (Å²) in [7, 11) is 1.67. The molecule has 3 heterocycles. The van der Waals surface area contributed by atoms with Crippen LogP contribution in [0.25, 0.3) is 10.9 Å². The van der Waals surface area contributed by atoms with Gasteiger partial charge in [-0.2, -0.15) is 13.2 Å². The fraction of sp³-hybridized carbons (Fsp3) is 0.200. The molecule has 184 valence electrons. The number of benzene rings is 2. The Labute approximate surface area is 208 Å². The van der Waals surface area contributed by atoms with Gasteiger partial charge in [0.25, 0.3) is 0 Å². The van der Waals surface area contributed by atoms with E-state index < -0.39 is 17.3 Å². The standard InChI is InChI=1S/C25H20ClF3N6O/c1-14-18(9-15-3-5-16(6-4-15)25(27,28)29)23(26)19-10-17(7-8-20(19)33-14)24(36,21-11-30-13-31-21)22-12-32-34-35(22)2/h3-8,10-13,36H,9H2,1-2H3,(H,30,31). The molecule has 11 heteroatoms. The zero-order valence-corrected chi connectivity index (χ0v) is 19.9. The van der Waals surface area contributed by atoms with Crippen LogP contribution in [-0.2, 0) is 25.2 Å². The summed E-state index contributed by atoms with van der Waals surface area (Å²) in [5, 5.41) is 20.8. The third-order valence-electron chi connectivity index (χ3n) is 6.28. The van der Waals surface area contributed by atoms with Gasteiger partial charge < -0.3 is 10.1 Å². The van der Waals surface area contributed by atoms with Crippen molar-refractivity contribution in [2.75, 3.05) is 0 Å². The van der Waals surface area contributed by atoms with Crippen molar-refractivity contribution < 1.29 is 18.3 Å². The highest BCUT2D eigenvalue weighted by atomic mass is 35.5. The highest BCUT2D eigenvalue weighted by Gasteiger charge is 2.39. The van der Waals surface area contributed by atoms with Crippen LogP contribution in [0.1, 0.15) is 39.3 Å². The van der Waals surface area contributed by atoms with Gasteiger partial charge in [-0.15, -0.1) is 5.10 Å². The second-order valence-electron chi connectivity index (χ2n) is 8.51. The Morgan fingerprint density at radius 2 is 1.78 bits per heavy atom. The average molecular weight is 513 g/mol. The van der Waals surface area contributed by atoms with Gasteiger partial charge in [0.15, 0.2) is 5.60 Å². The number of aliphatic hydroxyl groups is 1. The molecule has 0 saturated carbocycles. The molecule has 0 aliphatic heterocycles. The van der Waals surface area contributed by atoms with E-state index in [-0.39, 0.29) is 0 Å². The molecule has 0 amide bonds. The maximum Gasteiger partial charge on any atom is 0.416 e. The van der Waals surface area contributed by atoms with E-state index >= 15 is 0 Å². The molecule has 0 fully saturated rings. The molecule has 2 N–H and O–H groups in total. The molecule has 2 aromatic carbocycles. The van der Waals surface area contributed by atoms with E-state index in [0.29, 0.717) is 56.1 Å². The second-order valence-corrected chi connectivity index (χ2v) is 8.89. The number of fused-ring (bicyclic) bond motifs is 1. The van der Waals surface area contributed by atoms with Gasteiger partial charge in [0, 0.05) is 24.5 Å². The van der Waals surface area contributed by atoms with Crippen LogP contribution in [-0.4, -0.2) is 35.1 Å². The molecule has 0 radical (unpaired) electrons. The summed E-state index contributed by atoms with van der Waals surface area (Å²) in [6.07, 6.45) is 0.345. The van der Waals surface area contributed by atoms with Crippen molar-refractivity contribution in [1.29, 1.82) is 0 Å². The van der Waals surface area contributed by atoms with Crippen LogP contribution in [0.2, 0.25) is 5.02 Å². The van der Waals surface area contributed by atoms with Crippen LogP contribution in [0.4, 0.5) is 13.2 Å². The highest BCUT2D eigenvalue weighted by Crippen LogP contribution is 2.38. The molecule has 0 saturated heterocycles. The third kappa shape index (κ3) is 4.02. The average Bonchev–Trinajstić information content (AvgIpc) is 3.53. The number of aromatic amines is 1. The number of pyridine rings is 1. The molecule has 0 spiro atoms. The SMILES string of the molecule is Cc1nc2ccc(C(O)(c3cnc[nH]3)c3cnnn3C)cc2c(Cl)c1Cc1ccc(C(F)(F)F)cc1. The zero-order valence-electron chi connectivity index (χ0n) is 19.2. The van der Waals surface area contributed by atoms with Gasteiger partial charge in [-0.1, -0.05) is 35.0 Å². The van der Waals surface area contributed by atoms with Crippen LogP contribution in [0.15, 0.2) is 61.2 Å². The predicted octanol–water partition coefficient (Wildman–Crippen LogP) is 4.94. The summed E-state index contributed by atoms with van der Waals surface area (Å²) < 4.78 is 40.3. The van der Waals surface area contributed by atoms with E-state index in [1.807, 2.05) is 0 Å². The number of alkyl halides is 3. The van der Waals surface area contributed by atoms with Gasteiger partial charge in [-0.05, 0) is 47.9 Å². The second kappa shape index (κ2) is 8.72. The first-order valence-electron chi connectivity index (χ1n) is 10.9. The number of nitrogens with zero attached hydrogens (tertiary/aromatic N) is 5. The maximum absolute atomic E-state index is 12.9. The summed E-state index contributed by atoms with van der Waals surface area (Å²) in [4.78, 5) is 11.7. The van der Waals surface area contributed by atoms with Crippen LogP contribution in [0.5, 0.6) is 0 Å². The number of nitrogens with one attached hydrogen (secondary N) is 1. The van der Waals surface area contributed by atoms with Gasteiger partial charge in [0.05, 0.1) is 40.5 Å². The number of aryl methyl sites for hydroxylation is 2. The van der Waals surface area contributed by atoms with Crippen molar-refractivity contribution in [3.05, 3.63) is 106 Å². The molecule has 0 aliphatic rings. The first-order valence-corrected chi connectivity index (χ1v) is 11.3. The van der Waals surface area contributed by atoms with E-state index in [1.54, 1.807) is 32.2 Å². The number of H-pyrrole nitrogens is 1. The maximum atomic E-state index is 12.9. The Bertz CT molecular complexity index is 1550. The normalized spacial score (nSPS) is 13.8. The summed E-state index contributed by atoms with van der Waals surface area (Å²) in [6, 6.07) is 10.2. The molecular formula is C25H20ClF3N6O. The highest BCUT2D eigenvalue weighted by molar-refractivity contribution is 6.36. The molecule has 3 aromatic heterocycles. The Balaban J connectivity index is 1.62. The van der Waals surface area contributed by atoms with Crippen molar-refractivity contribution in [2.45, 2.75) is 25.1 Å². The van der Waals surface area contributed by atoms with E-state index in [2.05, 4.69) is 25.3 Å². The Hall–Kier alpha value is -3.76. The number of hydrogen-bond donors (Lipinski definition) is 2. The molecule has 1 unspecified atom stereocenters. The van der Waals surface area contributed by atoms with Gasteiger partial charge in [0.1, 0.15) is 5.69 Å². The minimum absolute atomic E-state index is 0.298. The summed E-state index contributed by atoms with van der Waals surface area (Å²) in [6.45, 7) is 1.81. The van der Waals surface area contributed by atoms with Crippen molar-refractivity contribution in [2.24, 2.45) is 7.05 Å². The lowest BCUT2D eigenvalue weighted by Crippen LogP contribution is -2.32. The quantitative estimate of drug-likeness (QED) is 0.348. The topological polar surface area (TPSA) is 92.5 Å².